The molecule has 2 aromatic carbocycles. The monoisotopic (exact) mass is 443 g/mol. The van der Waals surface area contributed by atoms with Crippen molar-refractivity contribution in [1.82, 2.24) is 4.98 Å². The molecule has 3 rings (SSSR count). The molecular weight excluding hydrogens is 417 g/mol. The zero-order valence-corrected chi connectivity index (χ0v) is 18.1. The van der Waals surface area contributed by atoms with Crippen molar-refractivity contribution in [3.63, 3.8) is 0 Å². The second-order valence-corrected chi connectivity index (χ2v) is 7.17. The van der Waals surface area contributed by atoms with Crippen LogP contribution in [0.2, 0.25) is 0 Å². The molecule has 0 aliphatic heterocycles. The fraction of sp³-hybridized carbons (Fsp3) is 0.348. The van der Waals surface area contributed by atoms with E-state index >= 15 is 0 Å². The number of hydrogen-bond donors (Lipinski definition) is 0. The molecule has 8 nitrogen and oxygen atoms in total. The summed E-state index contributed by atoms with van der Waals surface area (Å²) in [5, 5.41) is 12.4. The number of pyridine rings is 1. The number of nitrogens with zero attached hydrogens (tertiary/aromatic N) is 3. The van der Waals surface area contributed by atoms with Gasteiger partial charge >= 0.3 is 5.69 Å². The van der Waals surface area contributed by atoms with Gasteiger partial charge < -0.3 is 19.1 Å². The molecule has 0 N–H and O–H groups in total. The molecule has 32 heavy (non-hydrogen) atoms. The summed E-state index contributed by atoms with van der Waals surface area (Å²) < 4.78 is 27.9. The van der Waals surface area contributed by atoms with Crippen LogP contribution in [-0.2, 0) is 9.47 Å². The van der Waals surface area contributed by atoms with E-state index in [1.807, 2.05) is 43.3 Å². The Morgan fingerprint density at radius 2 is 1.72 bits per heavy atom. The highest BCUT2D eigenvalue weighted by Gasteiger charge is 2.17. The molecule has 0 aliphatic rings. The minimum Gasteiger partial charge on any atom is -0.484 e. The molecule has 0 aliphatic carbocycles. The molecule has 0 radical (unpaired) electrons. The van der Waals surface area contributed by atoms with Crippen LogP contribution in [-0.4, -0.2) is 63.7 Å². The van der Waals surface area contributed by atoms with Crippen LogP contribution >= 0.6 is 0 Å². The first-order valence-corrected chi connectivity index (χ1v) is 10.2. The van der Waals surface area contributed by atoms with Gasteiger partial charge in [0.2, 0.25) is 0 Å². The zero-order valence-electron chi connectivity index (χ0n) is 18.1. The second-order valence-electron chi connectivity index (χ2n) is 7.17. The van der Waals surface area contributed by atoms with E-state index in [0.29, 0.717) is 17.9 Å². The van der Waals surface area contributed by atoms with E-state index in [4.69, 9.17) is 19.2 Å². The first-order chi connectivity index (χ1) is 15.5. The van der Waals surface area contributed by atoms with Crippen molar-refractivity contribution in [2.24, 2.45) is 0 Å². The molecule has 170 valence electrons. The third-order valence-corrected chi connectivity index (χ3v) is 4.72. The predicted molar refractivity (Wildman–Crippen MR) is 121 cm³/mol. The van der Waals surface area contributed by atoms with Crippen LogP contribution in [0.3, 0.4) is 0 Å². The van der Waals surface area contributed by atoms with E-state index in [-0.39, 0.29) is 37.9 Å². The lowest BCUT2D eigenvalue weighted by Crippen LogP contribution is -2.12. The van der Waals surface area contributed by atoms with Crippen molar-refractivity contribution in [1.29, 1.82) is 0 Å². The molecule has 0 amide bonds. The van der Waals surface area contributed by atoms with Crippen LogP contribution in [0.4, 0.5) is 15.8 Å². The first-order valence-electron chi connectivity index (χ1n) is 10.2. The first kappa shape index (κ1) is 23.4. The quantitative estimate of drug-likeness (QED) is 0.235. The Kier molecular flexibility index (Phi) is 8.29. The smallest absolute Gasteiger partial charge is 0.310 e. The van der Waals surface area contributed by atoms with Gasteiger partial charge in [0.1, 0.15) is 13.3 Å². The van der Waals surface area contributed by atoms with Gasteiger partial charge in [-0.1, -0.05) is 6.07 Å². The Hall–Kier alpha value is -3.30. The average molecular weight is 443 g/mol. The van der Waals surface area contributed by atoms with E-state index in [0.717, 1.165) is 16.6 Å². The van der Waals surface area contributed by atoms with Crippen LogP contribution in [0.5, 0.6) is 5.75 Å². The van der Waals surface area contributed by atoms with Gasteiger partial charge in [-0.25, -0.2) is 9.37 Å². The fourth-order valence-corrected chi connectivity index (χ4v) is 3.08. The third kappa shape index (κ3) is 6.12. The molecular formula is C23H26FN3O5. The number of nitro benzene ring substituents is 1. The SMILES string of the molecule is CN(C)c1ccc2nc(-c3ccc([N+](=O)[O-])c(OCCOCCOCCF)c3)ccc2c1. The van der Waals surface area contributed by atoms with Crippen LogP contribution in [0.15, 0.2) is 48.5 Å². The summed E-state index contributed by atoms with van der Waals surface area (Å²) in [6.45, 7) is 0.435. The van der Waals surface area contributed by atoms with Crippen molar-refractivity contribution in [2.75, 3.05) is 58.7 Å². The third-order valence-electron chi connectivity index (χ3n) is 4.72. The maximum absolute atomic E-state index is 11.9. The van der Waals surface area contributed by atoms with Crippen molar-refractivity contribution < 1.29 is 23.5 Å². The molecule has 0 saturated heterocycles. The summed E-state index contributed by atoms with van der Waals surface area (Å²) in [4.78, 5) is 17.6. The molecule has 0 unspecified atom stereocenters. The summed E-state index contributed by atoms with van der Waals surface area (Å²) in [7, 11) is 3.96. The Bertz CT molecular complexity index is 1060. The van der Waals surface area contributed by atoms with Gasteiger partial charge in [-0.2, -0.15) is 0 Å². The van der Waals surface area contributed by atoms with Crippen LogP contribution < -0.4 is 9.64 Å². The second kappa shape index (κ2) is 11.4. The lowest BCUT2D eigenvalue weighted by atomic mass is 10.1. The summed E-state index contributed by atoms with van der Waals surface area (Å²) in [6, 6.07) is 14.5. The number of ether oxygens (including phenoxy) is 3. The number of rotatable bonds is 12. The van der Waals surface area contributed by atoms with Crippen molar-refractivity contribution >= 4 is 22.3 Å². The molecule has 1 heterocycles. The molecule has 1 aromatic heterocycles. The van der Waals surface area contributed by atoms with Gasteiger partial charge in [0, 0.05) is 36.8 Å². The van der Waals surface area contributed by atoms with Gasteiger partial charge in [0.25, 0.3) is 0 Å². The van der Waals surface area contributed by atoms with E-state index in [1.54, 1.807) is 12.1 Å². The summed E-state index contributed by atoms with van der Waals surface area (Å²) in [5.74, 6) is 0.148. The number of aromatic nitrogens is 1. The Labute approximate surface area is 185 Å². The van der Waals surface area contributed by atoms with Crippen molar-refractivity contribution in [3.8, 4) is 17.0 Å². The van der Waals surface area contributed by atoms with Crippen LogP contribution in [0.1, 0.15) is 0 Å². The average Bonchev–Trinajstić information content (AvgIpc) is 2.79. The maximum atomic E-state index is 11.9. The highest BCUT2D eigenvalue weighted by Crippen LogP contribution is 2.32. The molecule has 0 spiro atoms. The van der Waals surface area contributed by atoms with Crippen LogP contribution in [0.25, 0.3) is 22.2 Å². The molecule has 3 aromatic rings. The standard InChI is InChI=1S/C23H26FN3O5/c1-26(2)19-5-7-21-17(15-19)3-6-20(25-21)18-4-8-22(27(28)29)23(16-18)32-14-13-31-12-11-30-10-9-24/h3-8,15-16H,9-14H2,1-2H3. The number of hydrogen-bond acceptors (Lipinski definition) is 7. The lowest BCUT2D eigenvalue weighted by molar-refractivity contribution is -0.385. The number of alkyl halides is 1. The molecule has 0 atom stereocenters. The van der Waals surface area contributed by atoms with Gasteiger partial charge in [-0.15, -0.1) is 0 Å². The molecule has 9 heteroatoms. The van der Waals surface area contributed by atoms with Crippen molar-refractivity contribution in [3.05, 3.63) is 58.6 Å². The highest BCUT2D eigenvalue weighted by atomic mass is 19.1. The molecule has 0 saturated carbocycles. The Balaban J connectivity index is 1.72. The van der Waals surface area contributed by atoms with Gasteiger partial charge in [0.15, 0.2) is 5.75 Å². The van der Waals surface area contributed by atoms with E-state index in [2.05, 4.69) is 6.07 Å². The van der Waals surface area contributed by atoms with Gasteiger partial charge in [-0.3, -0.25) is 10.1 Å². The minimum absolute atomic E-state index is 0.0401. The number of anilines is 1. The van der Waals surface area contributed by atoms with Crippen molar-refractivity contribution in [2.45, 2.75) is 0 Å². The number of benzene rings is 2. The molecule has 0 bridgehead atoms. The maximum Gasteiger partial charge on any atom is 0.310 e. The normalized spacial score (nSPS) is 11.0. The minimum atomic E-state index is -0.535. The Morgan fingerprint density at radius 1 is 0.969 bits per heavy atom. The predicted octanol–water partition coefficient (Wildman–Crippen LogP) is 4.26. The van der Waals surface area contributed by atoms with Gasteiger partial charge in [-0.05, 0) is 36.4 Å². The largest absolute Gasteiger partial charge is 0.484 e. The topological polar surface area (TPSA) is 87.0 Å². The summed E-state index contributed by atoms with van der Waals surface area (Å²) >= 11 is 0. The zero-order chi connectivity index (χ0) is 22.9. The van der Waals surface area contributed by atoms with E-state index < -0.39 is 11.6 Å². The molecule has 0 fully saturated rings. The van der Waals surface area contributed by atoms with Gasteiger partial charge in [0.05, 0.1) is 42.6 Å². The summed E-state index contributed by atoms with van der Waals surface area (Å²) in [5.41, 5.74) is 3.18. The fourth-order valence-electron chi connectivity index (χ4n) is 3.08. The number of fused-ring (bicyclic) bond motifs is 1. The lowest BCUT2D eigenvalue weighted by Gasteiger charge is -2.13. The summed E-state index contributed by atoms with van der Waals surface area (Å²) in [6.07, 6.45) is 0. The number of halogens is 1. The number of nitro groups is 1. The van der Waals surface area contributed by atoms with Crippen LogP contribution in [0, 0.1) is 10.1 Å². The van der Waals surface area contributed by atoms with E-state index in [9.17, 15) is 14.5 Å². The highest BCUT2D eigenvalue weighted by molar-refractivity contribution is 5.85. The van der Waals surface area contributed by atoms with E-state index in [1.165, 1.54) is 6.07 Å². The Morgan fingerprint density at radius 3 is 2.44 bits per heavy atom.